The second-order valence-corrected chi connectivity index (χ2v) is 7.58. The van der Waals surface area contributed by atoms with Gasteiger partial charge in [-0.3, -0.25) is 10.1 Å². The van der Waals surface area contributed by atoms with Crippen molar-refractivity contribution in [2.75, 3.05) is 18.0 Å². The van der Waals surface area contributed by atoms with Gasteiger partial charge in [-0.15, -0.1) is 0 Å². The maximum Gasteiger partial charge on any atom is 0.270 e. The third-order valence-electron chi connectivity index (χ3n) is 4.13. The number of aromatic nitrogens is 1. The first-order chi connectivity index (χ1) is 11.6. The van der Waals surface area contributed by atoms with Gasteiger partial charge in [-0.05, 0) is 39.8 Å². The maximum atomic E-state index is 11.0. The highest BCUT2D eigenvalue weighted by Gasteiger charge is 2.38. The largest absolute Gasteiger partial charge is 0.366 e. The third-order valence-corrected chi connectivity index (χ3v) is 4.13. The first kappa shape index (κ1) is 17.1. The molecule has 1 aromatic heterocycles. The van der Waals surface area contributed by atoms with Crippen LogP contribution in [0.1, 0.15) is 33.3 Å². The summed E-state index contributed by atoms with van der Waals surface area (Å²) >= 11 is 0. The molecule has 0 spiro atoms. The van der Waals surface area contributed by atoms with Crippen molar-refractivity contribution < 1.29 is 9.66 Å². The number of non-ortho nitro benzene ring substituents is 1. The van der Waals surface area contributed by atoms with Gasteiger partial charge in [-0.25, -0.2) is 4.98 Å². The monoisotopic (exact) mass is 340 g/mol. The van der Waals surface area contributed by atoms with E-state index in [0.717, 1.165) is 0 Å². The summed E-state index contributed by atoms with van der Waals surface area (Å²) in [4.78, 5) is 17.2. The number of morpholine rings is 1. The Bertz CT molecular complexity index is 883. The van der Waals surface area contributed by atoms with Gasteiger partial charge in [0.1, 0.15) is 5.82 Å². The highest BCUT2D eigenvalue weighted by Crippen LogP contribution is 2.33. The molecule has 0 atom stereocenters. The van der Waals surface area contributed by atoms with Crippen molar-refractivity contribution in [3.8, 4) is 6.07 Å². The van der Waals surface area contributed by atoms with Crippen LogP contribution in [0.5, 0.6) is 0 Å². The van der Waals surface area contributed by atoms with Gasteiger partial charge in [0.15, 0.2) is 0 Å². The van der Waals surface area contributed by atoms with Crippen molar-refractivity contribution in [1.29, 1.82) is 5.26 Å². The van der Waals surface area contributed by atoms with Gasteiger partial charge in [0.05, 0.1) is 33.3 Å². The minimum absolute atomic E-state index is 0.0489. The van der Waals surface area contributed by atoms with E-state index in [1.807, 2.05) is 27.7 Å². The van der Waals surface area contributed by atoms with Crippen LogP contribution in [0.2, 0.25) is 0 Å². The van der Waals surface area contributed by atoms with Crippen LogP contribution in [0.3, 0.4) is 0 Å². The Morgan fingerprint density at radius 3 is 2.44 bits per heavy atom. The van der Waals surface area contributed by atoms with Crippen molar-refractivity contribution in [2.45, 2.75) is 38.9 Å². The van der Waals surface area contributed by atoms with E-state index in [1.165, 1.54) is 12.1 Å². The van der Waals surface area contributed by atoms with Gasteiger partial charge in [0.2, 0.25) is 0 Å². The molecule has 0 unspecified atom stereocenters. The third kappa shape index (κ3) is 3.39. The lowest BCUT2D eigenvalue weighted by atomic mass is 9.98. The molecule has 0 radical (unpaired) electrons. The first-order valence-electron chi connectivity index (χ1n) is 8.05. The Morgan fingerprint density at radius 1 is 1.24 bits per heavy atom. The van der Waals surface area contributed by atoms with Crippen molar-refractivity contribution in [1.82, 2.24) is 4.98 Å². The number of fused-ring (bicyclic) bond motifs is 1. The van der Waals surface area contributed by atoms with Gasteiger partial charge in [-0.1, -0.05) is 0 Å². The molecule has 1 aliphatic rings. The zero-order valence-corrected chi connectivity index (χ0v) is 14.7. The summed E-state index contributed by atoms with van der Waals surface area (Å²) in [6.45, 7) is 9.39. The van der Waals surface area contributed by atoms with Crippen LogP contribution < -0.4 is 4.90 Å². The highest BCUT2D eigenvalue weighted by molar-refractivity contribution is 5.88. The summed E-state index contributed by atoms with van der Waals surface area (Å²) in [5.41, 5.74) is 0.209. The molecule has 0 N–H and O–H groups in total. The number of pyridine rings is 1. The Balaban J connectivity index is 2.10. The lowest BCUT2D eigenvalue weighted by molar-refractivity contribution is -0.384. The van der Waals surface area contributed by atoms with Crippen molar-refractivity contribution in [3.63, 3.8) is 0 Å². The van der Waals surface area contributed by atoms with E-state index in [0.29, 0.717) is 35.4 Å². The lowest BCUT2D eigenvalue weighted by Crippen LogP contribution is -2.57. The fourth-order valence-electron chi connectivity index (χ4n) is 3.52. The van der Waals surface area contributed by atoms with Gasteiger partial charge in [-0.2, -0.15) is 5.26 Å². The molecule has 3 rings (SSSR count). The molecule has 0 bridgehead atoms. The van der Waals surface area contributed by atoms with E-state index in [-0.39, 0.29) is 16.9 Å². The molecule has 2 aromatic rings. The van der Waals surface area contributed by atoms with Gasteiger partial charge < -0.3 is 9.64 Å². The van der Waals surface area contributed by atoms with Crippen LogP contribution in [0, 0.1) is 21.4 Å². The average Bonchev–Trinajstić information content (AvgIpc) is 2.50. The number of nitro benzene ring substituents is 1. The van der Waals surface area contributed by atoms with Crippen LogP contribution >= 0.6 is 0 Å². The Hall–Kier alpha value is -2.72. The number of anilines is 1. The summed E-state index contributed by atoms with van der Waals surface area (Å²) in [6, 6.07) is 8.24. The predicted molar refractivity (Wildman–Crippen MR) is 94.6 cm³/mol. The number of nitriles is 1. The number of hydrogen-bond acceptors (Lipinski definition) is 6. The summed E-state index contributed by atoms with van der Waals surface area (Å²) in [7, 11) is 0. The predicted octanol–water partition coefficient (Wildman–Crippen LogP) is 3.41. The van der Waals surface area contributed by atoms with E-state index in [2.05, 4.69) is 16.0 Å². The summed E-state index contributed by atoms with van der Waals surface area (Å²) in [6.07, 6.45) is 0. The minimum Gasteiger partial charge on any atom is -0.366 e. The zero-order valence-electron chi connectivity index (χ0n) is 14.7. The van der Waals surface area contributed by atoms with Crippen LogP contribution in [-0.4, -0.2) is 34.2 Å². The van der Waals surface area contributed by atoms with E-state index in [4.69, 9.17) is 4.74 Å². The second-order valence-electron chi connectivity index (χ2n) is 7.58. The van der Waals surface area contributed by atoms with Gasteiger partial charge in [0.25, 0.3) is 5.69 Å². The summed E-state index contributed by atoms with van der Waals surface area (Å²) in [5.74, 6) is 0.683. The molecular formula is C18H20N4O3. The second kappa shape index (κ2) is 5.67. The van der Waals surface area contributed by atoms with Crippen molar-refractivity contribution in [2.24, 2.45) is 0 Å². The highest BCUT2D eigenvalue weighted by atomic mass is 16.6. The normalized spacial score (nSPS) is 18.8. The number of nitrogens with zero attached hydrogens (tertiary/aromatic N) is 4. The number of nitro groups is 1. The molecule has 7 heteroatoms. The SMILES string of the molecule is CC1(C)CN(c2cc(C#N)c3cc([N+](=O)[O-])ccc3n2)CC(C)(C)O1. The summed E-state index contributed by atoms with van der Waals surface area (Å²) in [5, 5.41) is 21.0. The van der Waals surface area contributed by atoms with E-state index in [9.17, 15) is 15.4 Å². The molecule has 0 aliphatic carbocycles. The zero-order chi connectivity index (χ0) is 18.4. The number of ether oxygens (including phenoxy) is 1. The topological polar surface area (TPSA) is 92.3 Å². The van der Waals surface area contributed by atoms with Crippen LogP contribution in [-0.2, 0) is 4.74 Å². The van der Waals surface area contributed by atoms with Gasteiger partial charge >= 0.3 is 0 Å². The van der Waals surface area contributed by atoms with Crippen molar-refractivity contribution in [3.05, 3.63) is 39.9 Å². The molecule has 1 aromatic carbocycles. The standard InChI is InChI=1S/C18H20N4O3/c1-17(2)10-21(11-18(3,4)25-17)16-7-12(9-19)14-8-13(22(23)24)5-6-15(14)20-16/h5-8H,10-11H2,1-4H3. The summed E-state index contributed by atoms with van der Waals surface area (Å²) < 4.78 is 6.09. The van der Waals surface area contributed by atoms with E-state index >= 15 is 0 Å². The van der Waals surface area contributed by atoms with E-state index < -0.39 is 4.92 Å². The first-order valence-corrected chi connectivity index (χ1v) is 8.05. The van der Waals surface area contributed by atoms with Crippen LogP contribution in [0.4, 0.5) is 11.5 Å². The fourth-order valence-corrected chi connectivity index (χ4v) is 3.52. The molecule has 1 aliphatic heterocycles. The molecule has 0 saturated carbocycles. The van der Waals surface area contributed by atoms with Crippen LogP contribution in [0.15, 0.2) is 24.3 Å². The Labute approximate surface area is 146 Å². The molecule has 1 fully saturated rings. The molecule has 1 saturated heterocycles. The fraction of sp³-hybridized carbons (Fsp3) is 0.444. The van der Waals surface area contributed by atoms with E-state index in [1.54, 1.807) is 12.1 Å². The molecule has 7 nitrogen and oxygen atoms in total. The number of rotatable bonds is 2. The number of hydrogen-bond donors (Lipinski definition) is 0. The smallest absolute Gasteiger partial charge is 0.270 e. The molecule has 2 heterocycles. The number of benzene rings is 1. The Kier molecular flexibility index (Phi) is 3.88. The van der Waals surface area contributed by atoms with Crippen molar-refractivity contribution >= 4 is 22.4 Å². The molecule has 25 heavy (non-hydrogen) atoms. The molecule has 0 amide bonds. The average molecular weight is 340 g/mol. The Morgan fingerprint density at radius 2 is 1.88 bits per heavy atom. The quantitative estimate of drug-likeness (QED) is 0.614. The molecular weight excluding hydrogens is 320 g/mol. The lowest BCUT2D eigenvalue weighted by Gasteiger charge is -2.47. The minimum atomic E-state index is -0.471. The van der Waals surface area contributed by atoms with Gasteiger partial charge in [0, 0.05) is 30.6 Å². The van der Waals surface area contributed by atoms with Crippen LogP contribution in [0.25, 0.3) is 10.9 Å². The maximum absolute atomic E-state index is 11.0. The molecule has 130 valence electrons.